The maximum atomic E-state index is 13.0. The van der Waals surface area contributed by atoms with E-state index in [0.717, 1.165) is 30.6 Å². The van der Waals surface area contributed by atoms with Crippen LogP contribution in [0.15, 0.2) is 24.3 Å². The van der Waals surface area contributed by atoms with Crippen LogP contribution in [0, 0.1) is 23.6 Å². The number of hydrogen-bond acceptors (Lipinski definition) is 2. The van der Waals surface area contributed by atoms with E-state index in [1.807, 2.05) is 0 Å². The van der Waals surface area contributed by atoms with Crippen LogP contribution in [0.2, 0.25) is 0 Å². The number of ether oxygens (including phenoxy) is 2. The van der Waals surface area contributed by atoms with Crippen molar-refractivity contribution in [2.75, 3.05) is 13.2 Å². The summed E-state index contributed by atoms with van der Waals surface area (Å²) in [5.41, 5.74) is 0.910. The normalized spacial score (nSPS) is 28.4. The summed E-state index contributed by atoms with van der Waals surface area (Å²) in [5, 5.41) is 0. The molecule has 0 spiro atoms. The Morgan fingerprint density at radius 2 is 1.32 bits per heavy atom. The first kappa shape index (κ1) is 21.8. The van der Waals surface area contributed by atoms with Crippen molar-refractivity contribution in [3.8, 4) is 0 Å². The monoisotopic (exact) mass is 390 g/mol. The second-order valence-electron chi connectivity index (χ2n) is 9.08. The SMILES string of the molecule is CCCCCCC[C@H]1CC[C@H](CC[C@H]2CO[C@H](c3ccc(F)cc3)OC2)CC1. The highest BCUT2D eigenvalue weighted by Gasteiger charge is 2.26. The summed E-state index contributed by atoms with van der Waals surface area (Å²) in [6, 6.07) is 6.44. The molecule has 1 aromatic carbocycles. The fraction of sp³-hybridized carbons (Fsp3) is 0.760. The number of hydrogen-bond donors (Lipinski definition) is 0. The van der Waals surface area contributed by atoms with Crippen molar-refractivity contribution in [3.63, 3.8) is 0 Å². The maximum absolute atomic E-state index is 13.0. The van der Waals surface area contributed by atoms with Gasteiger partial charge in [0.1, 0.15) is 5.82 Å². The van der Waals surface area contributed by atoms with Crippen LogP contribution in [0.5, 0.6) is 0 Å². The number of unbranched alkanes of at least 4 members (excludes halogenated alkanes) is 4. The Hall–Kier alpha value is -0.930. The Morgan fingerprint density at radius 3 is 1.96 bits per heavy atom. The van der Waals surface area contributed by atoms with Crippen LogP contribution in [-0.4, -0.2) is 13.2 Å². The summed E-state index contributed by atoms with van der Waals surface area (Å²) >= 11 is 0. The van der Waals surface area contributed by atoms with E-state index in [0.29, 0.717) is 5.92 Å². The van der Waals surface area contributed by atoms with Crippen molar-refractivity contribution in [2.45, 2.75) is 90.3 Å². The van der Waals surface area contributed by atoms with Crippen LogP contribution in [0.1, 0.15) is 95.8 Å². The molecular weight excluding hydrogens is 351 g/mol. The molecule has 2 nitrogen and oxygen atoms in total. The van der Waals surface area contributed by atoms with Crippen molar-refractivity contribution >= 4 is 0 Å². The van der Waals surface area contributed by atoms with Gasteiger partial charge in [-0.2, -0.15) is 0 Å². The third-order valence-electron chi connectivity index (χ3n) is 6.77. The molecule has 1 saturated heterocycles. The first-order valence-electron chi connectivity index (χ1n) is 11.7. The van der Waals surface area contributed by atoms with Crippen LogP contribution < -0.4 is 0 Å². The fourth-order valence-corrected chi connectivity index (χ4v) is 4.84. The molecule has 0 amide bonds. The molecule has 0 radical (unpaired) electrons. The summed E-state index contributed by atoms with van der Waals surface area (Å²) in [7, 11) is 0. The van der Waals surface area contributed by atoms with Gasteiger partial charge < -0.3 is 9.47 Å². The summed E-state index contributed by atoms with van der Waals surface area (Å²) < 4.78 is 24.8. The topological polar surface area (TPSA) is 18.5 Å². The third-order valence-corrected chi connectivity index (χ3v) is 6.77. The third kappa shape index (κ3) is 7.15. The van der Waals surface area contributed by atoms with Crippen LogP contribution in [0.25, 0.3) is 0 Å². The fourth-order valence-electron chi connectivity index (χ4n) is 4.84. The Morgan fingerprint density at radius 1 is 0.750 bits per heavy atom. The molecule has 1 aliphatic carbocycles. The van der Waals surface area contributed by atoms with Crippen molar-refractivity contribution in [1.82, 2.24) is 0 Å². The van der Waals surface area contributed by atoms with E-state index in [1.54, 1.807) is 12.1 Å². The molecule has 1 saturated carbocycles. The second kappa shape index (κ2) is 11.9. The van der Waals surface area contributed by atoms with Gasteiger partial charge in [-0.05, 0) is 30.4 Å². The molecule has 28 heavy (non-hydrogen) atoms. The van der Waals surface area contributed by atoms with Gasteiger partial charge in [0.15, 0.2) is 6.29 Å². The number of halogens is 1. The average molecular weight is 391 g/mol. The Labute approximate surface area is 171 Å². The number of rotatable bonds is 10. The lowest BCUT2D eigenvalue weighted by Gasteiger charge is -2.32. The van der Waals surface area contributed by atoms with Crippen LogP contribution >= 0.6 is 0 Å². The lowest BCUT2D eigenvalue weighted by atomic mass is 9.77. The van der Waals surface area contributed by atoms with E-state index >= 15 is 0 Å². The molecule has 158 valence electrons. The Balaban J connectivity index is 1.26. The summed E-state index contributed by atoms with van der Waals surface area (Å²) in [4.78, 5) is 0. The largest absolute Gasteiger partial charge is 0.348 e. The lowest BCUT2D eigenvalue weighted by molar-refractivity contribution is -0.206. The molecule has 1 aromatic rings. The van der Waals surface area contributed by atoms with E-state index in [9.17, 15) is 4.39 Å². The molecule has 3 rings (SSSR count). The summed E-state index contributed by atoms with van der Waals surface area (Å²) in [6.07, 6.45) is 16.5. The van der Waals surface area contributed by atoms with Gasteiger partial charge in [0, 0.05) is 11.5 Å². The minimum Gasteiger partial charge on any atom is -0.348 e. The molecular formula is C25H39FO2. The average Bonchev–Trinajstić information content (AvgIpc) is 2.74. The quantitative estimate of drug-likeness (QED) is 0.387. The van der Waals surface area contributed by atoms with Crippen molar-refractivity contribution in [1.29, 1.82) is 0 Å². The molecule has 2 aliphatic rings. The lowest BCUT2D eigenvalue weighted by Crippen LogP contribution is -2.28. The van der Waals surface area contributed by atoms with Gasteiger partial charge >= 0.3 is 0 Å². The standard InChI is InChI=1S/C25H39FO2/c1-2-3-4-5-6-7-20-8-10-21(11-9-20)12-13-22-18-27-25(28-19-22)23-14-16-24(26)17-15-23/h14-17,20-22,25H,2-13,18-19H2,1H3/t20-,21-,22-,25-. The summed E-state index contributed by atoms with van der Waals surface area (Å²) in [5.74, 6) is 2.19. The minimum absolute atomic E-state index is 0.219. The predicted molar refractivity (Wildman–Crippen MR) is 113 cm³/mol. The smallest absolute Gasteiger partial charge is 0.183 e. The molecule has 0 N–H and O–H groups in total. The molecule has 0 unspecified atom stereocenters. The van der Waals surface area contributed by atoms with Gasteiger partial charge in [0.2, 0.25) is 0 Å². The van der Waals surface area contributed by atoms with Gasteiger partial charge in [0.05, 0.1) is 13.2 Å². The van der Waals surface area contributed by atoms with Gasteiger partial charge in [-0.3, -0.25) is 0 Å². The van der Waals surface area contributed by atoms with Crippen molar-refractivity contribution < 1.29 is 13.9 Å². The Kier molecular flexibility index (Phi) is 9.27. The van der Waals surface area contributed by atoms with Crippen molar-refractivity contribution in [2.24, 2.45) is 17.8 Å². The zero-order valence-electron chi connectivity index (χ0n) is 17.7. The minimum atomic E-state index is -0.329. The highest BCUT2D eigenvalue weighted by atomic mass is 19.1. The highest BCUT2D eigenvalue weighted by molar-refractivity contribution is 5.17. The molecule has 0 atom stereocenters. The predicted octanol–water partition coefficient (Wildman–Crippen LogP) is 7.43. The van der Waals surface area contributed by atoms with Gasteiger partial charge in [-0.1, -0.05) is 89.7 Å². The van der Waals surface area contributed by atoms with E-state index in [4.69, 9.17) is 9.47 Å². The molecule has 3 heteroatoms. The number of benzene rings is 1. The van der Waals surface area contributed by atoms with E-state index in [-0.39, 0.29) is 12.1 Å². The van der Waals surface area contributed by atoms with Crippen LogP contribution in [-0.2, 0) is 9.47 Å². The molecule has 1 heterocycles. The van der Waals surface area contributed by atoms with Gasteiger partial charge in [-0.15, -0.1) is 0 Å². The van der Waals surface area contributed by atoms with Crippen molar-refractivity contribution in [3.05, 3.63) is 35.6 Å². The first-order chi connectivity index (χ1) is 13.7. The molecule has 0 aromatic heterocycles. The maximum Gasteiger partial charge on any atom is 0.183 e. The molecule has 2 fully saturated rings. The summed E-state index contributed by atoms with van der Waals surface area (Å²) in [6.45, 7) is 3.81. The first-order valence-corrected chi connectivity index (χ1v) is 11.7. The zero-order valence-corrected chi connectivity index (χ0v) is 17.7. The molecule has 0 bridgehead atoms. The highest BCUT2D eigenvalue weighted by Crippen LogP contribution is 2.36. The van der Waals surface area contributed by atoms with E-state index in [1.165, 1.54) is 89.2 Å². The Bertz CT molecular complexity index is 528. The van der Waals surface area contributed by atoms with Crippen LogP contribution in [0.3, 0.4) is 0 Å². The van der Waals surface area contributed by atoms with E-state index in [2.05, 4.69) is 6.92 Å². The van der Waals surface area contributed by atoms with Crippen LogP contribution in [0.4, 0.5) is 4.39 Å². The van der Waals surface area contributed by atoms with E-state index < -0.39 is 0 Å². The zero-order chi connectivity index (χ0) is 19.6. The van der Waals surface area contributed by atoms with Gasteiger partial charge in [0.25, 0.3) is 0 Å². The molecule has 1 aliphatic heterocycles. The second-order valence-corrected chi connectivity index (χ2v) is 9.08. The van der Waals surface area contributed by atoms with Gasteiger partial charge in [-0.25, -0.2) is 4.39 Å².